The lowest BCUT2D eigenvalue weighted by Crippen LogP contribution is -2.22. The number of nitrogens with one attached hydrogen (secondary N) is 1. The van der Waals surface area contributed by atoms with Gasteiger partial charge in [0.05, 0.1) is 21.3 Å². The number of hydrogen-bond donors (Lipinski definition) is 1. The zero-order valence-electron chi connectivity index (χ0n) is 17.3. The number of carbonyl (C=O) groups is 2. The lowest BCUT2D eigenvalue weighted by molar-refractivity contribution is -0.119. The molecule has 0 aliphatic carbocycles. The highest BCUT2D eigenvalue weighted by Gasteiger charge is 2.21. The van der Waals surface area contributed by atoms with Gasteiger partial charge >= 0.3 is 5.97 Å². The highest BCUT2D eigenvalue weighted by Crippen LogP contribution is 2.28. The van der Waals surface area contributed by atoms with Crippen LogP contribution < -0.4 is 5.32 Å². The fraction of sp³-hybridized carbons (Fsp3) is 0.130. The van der Waals surface area contributed by atoms with Gasteiger partial charge in [-0.1, -0.05) is 41.9 Å². The summed E-state index contributed by atoms with van der Waals surface area (Å²) in [6.45, 7) is 3.27. The van der Waals surface area contributed by atoms with Crippen molar-refractivity contribution in [3.8, 4) is 16.4 Å². The van der Waals surface area contributed by atoms with Crippen LogP contribution in [0.15, 0.2) is 60.0 Å². The highest BCUT2D eigenvalue weighted by molar-refractivity contribution is 7.13. The van der Waals surface area contributed by atoms with Crippen molar-refractivity contribution in [1.29, 1.82) is 0 Å². The summed E-state index contributed by atoms with van der Waals surface area (Å²) in [5.74, 6) is -0.910. The van der Waals surface area contributed by atoms with Gasteiger partial charge in [-0.3, -0.25) is 4.79 Å². The normalized spacial score (nSPS) is 10.7. The molecule has 0 aliphatic rings. The molecule has 0 bridgehead atoms. The van der Waals surface area contributed by atoms with Gasteiger partial charge in [0.2, 0.25) is 0 Å². The number of amides is 1. The van der Waals surface area contributed by atoms with Crippen LogP contribution in [-0.4, -0.2) is 33.2 Å². The van der Waals surface area contributed by atoms with Gasteiger partial charge in [0.15, 0.2) is 12.4 Å². The fourth-order valence-electron chi connectivity index (χ4n) is 3.16. The van der Waals surface area contributed by atoms with Crippen molar-refractivity contribution in [2.75, 3.05) is 11.9 Å². The van der Waals surface area contributed by atoms with Crippen LogP contribution in [0.1, 0.15) is 21.7 Å². The van der Waals surface area contributed by atoms with Crippen LogP contribution in [-0.2, 0) is 9.53 Å². The van der Waals surface area contributed by atoms with Crippen LogP contribution in [0.3, 0.4) is 0 Å². The van der Waals surface area contributed by atoms with Crippen LogP contribution in [0.25, 0.3) is 16.4 Å². The summed E-state index contributed by atoms with van der Waals surface area (Å²) < 4.78 is 6.74. The summed E-state index contributed by atoms with van der Waals surface area (Å²) in [5.41, 5.74) is 3.05. The smallest absolute Gasteiger partial charge is 0.378 e. The predicted octanol–water partition coefficient (Wildman–Crippen LogP) is 5.06. The molecule has 2 heterocycles. The molecule has 0 fully saturated rings. The molecule has 1 N–H and O–H groups in total. The van der Waals surface area contributed by atoms with Crippen molar-refractivity contribution >= 4 is 40.5 Å². The minimum Gasteiger partial charge on any atom is -0.450 e. The Labute approximate surface area is 193 Å². The van der Waals surface area contributed by atoms with E-state index in [4.69, 9.17) is 16.3 Å². The largest absolute Gasteiger partial charge is 0.450 e. The Morgan fingerprint density at radius 2 is 1.91 bits per heavy atom. The topological polar surface area (TPSA) is 86.1 Å². The summed E-state index contributed by atoms with van der Waals surface area (Å²) in [7, 11) is 0. The summed E-state index contributed by atoms with van der Waals surface area (Å²) in [6, 6.07) is 16.8. The number of ether oxygens (including phenoxy) is 1. The lowest BCUT2D eigenvalue weighted by atomic mass is 10.1. The van der Waals surface area contributed by atoms with Gasteiger partial charge in [0.25, 0.3) is 11.7 Å². The molecular formula is C23H19ClN4O3S. The van der Waals surface area contributed by atoms with E-state index >= 15 is 0 Å². The van der Waals surface area contributed by atoms with Crippen molar-refractivity contribution in [1.82, 2.24) is 14.8 Å². The van der Waals surface area contributed by atoms with Gasteiger partial charge in [-0.2, -0.15) is 4.98 Å². The number of halogens is 1. The first-order valence-corrected chi connectivity index (χ1v) is 11.0. The van der Waals surface area contributed by atoms with Crippen molar-refractivity contribution in [2.45, 2.75) is 13.8 Å². The molecule has 4 aromatic rings. The van der Waals surface area contributed by atoms with Gasteiger partial charge in [-0.15, -0.1) is 16.4 Å². The molecule has 7 nitrogen and oxygen atoms in total. The van der Waals surface area contributed by atoms with E-state index in [0.717, 1.165) is 21.7 Å². The van der Waals surface area contributed by atoms with Gasteiger partial charge in [-0.25, -0.2) is 9.48 Å². The molecule has 0 atom stereocenters. The molecule has 0 saturated carbocycles. The number of para-hydroxylation sites is 1. The molecule has 0 radical (unpaired) electrons. The van der Waals surface area contributed by atoms with Crippen LogP contribution in [0.4, 0.5) is 5.69 Å². The number of thiophene rings is 1. The van der Waals surface area contributed by atoms with E-state index in [9.17, 15) is 9.59 Å². The quantitative estimate of drug-likeness (QED) is 0.401. The molecule has 0 spiro atoms. The molecule has 0 unspecified atom stereocenters. The van der Waals surface area contributed by atoms with Crippen molar-refractivity contribution < 1.29 is 14.3 Å². The maximum Gasteiger partial charge on any atom is 0.378 e. The Kier molecular flexibility index (Phi) is 6.34. The molecule has 0 aliphatic heterocycles. The number of anilines is 1. The molecule has 2 aromatic heterocycles. The number of aryl methyl sites for hydroxylation is 2. The first kappa shape index (κ1) is 21.7. The maximum absolute atomic E-state index is 12.6. The molecular weight excluding hydrogens is 448 g/mol. The number of carbonyl (C=O) groups excluding carboxylic acids is 2. The van der Waals surface area contributed by atoms with Crippen LogP contribution in [0.5, 0.6) is 0 Å². The third-order valence-corrected chi connectivity index (χ3v) is 5.73. The summed E-state index contributed by atoms with van der Waals surface area (Å²) in [5, 5.41) is 9.34. The molecule has 1 amide bonds. The van der Waals surface area contributed by atoms with Crippen LogP contribution in [0, 0.1) is 13.8 Å². The summed E-state index contributed by atoms with van der Waals surface area (Å²) in [4.78, 5) is 30.1. The average molecular weight is 467 g/mol. The van der Waals surface area contributed by atoms with Gasteiger partial charge in [-0.05, 0) is 54.6 Å². The number of aromatic nitrogens is 3. The first-order chi connectivity index (χ1) is 15.4. The standard InChI is InChI=1S/C23H19ClN4O3S/c1-14-11-15(2)20(17(24)12-14)25-19(29)13-31-23(30)21-26-22(18-9-6-10-32-18)28(27-21)16-7-4-3-5-8-16/h3-12H,13H2,1-2H3,(H,25,29). The van der Waals surface area contributed by atoms with E-state index in [1.54, 1.807) is 10.7 Å². The van der Waals surface area contributed by atoms with Gasteiger partial charge in [0, 0.05) is 0 Å². The second kappa shape index (κ2) is 9.33. The predicted molar refractivity (Wildman–Crippen MR) is 125 cm³/mol. The Bertz CT molecular complexity index is 1250. The lowest BCUT2D eigenvalue weighted by Gasteiger charge is -2.11. The van der Waals surface area contributed by atoms with Crippen LogP contribution >= 0.6 is 22.9 Å². The molecule has 162 valence electrons. The van der Waals surface area contributed by atoms with Gasteiger partial charge in [0.1, 0.15) is 0 Å². The average Bonchev–Trinajstić information content (AvgIpc) is 3.45. The van der Waals surface area contributed by atoms with E-state index in [0.29, 0.717) is 16.5 Å². The van der Waals surface area contributed by atoms with E-state index in [1.807, 2.05) is 67.8 Å². The monoisotopic (exact) mass is 466 g/mol. The van der Waals surface area contributed by atoms with E-state index in [-0.39, 0.29) is 5.82 Å². The zero-order chi connectivity index (χ0) is 22.7. The molecule has 4 rings (SSSR count). The maximum atomic E-state index is 12.6. The highest BCUT2D eigenvalue weighted by atomic mass is 35.5. The summed E-state index contributed by atoms with van der Waals surface area (Å²) in [6.07, 6.45) is 0. The Balaban J connectivity index is 1.50. The molecule has 32 heavy (non-hydrogen) atoms. The van der Waals surface area contributed by atoms with Crippen LogP contribution in [0.2, 0.25) is 5.02 Å². The molecule has 0 saturated heterocycles. The van der Waals surface area contributed by atoms with E-state index in [1.165, 1.54) is 11.3 Å². The number of nitrogens with zero attached hydrogens (tertiary/aromatic N) is 3. The fourth-order valence-corrected chi connectivity index (χ4v) is 4.23. The second-order valence-electron chi connectivity index (χ2n) is 7.05. The SMILES string of the molecule is Cc1cc(C)c(NC(=O)COC(=O)c2nc(-c3cccs3)n(-c3ccccc3)n2)c(Cl)c1. The number of benzene rings is 2. The Morgan fingerprint density at radius 1 is 1.12 bits per heavy atom. The minimum absolute atomic E-state index is 0.130. The van der Waals surface area contributed by atoms with Crippen molar-refractivity contribution in [2.24, 2.45) is 0 Å². The zero-order valence-corrected chi connectivity index (χ0v) is 18.9. The Morgan fingerprint density at radius 3 is 2.59 bits per heavy atom. The third-order valence-electron chi connectivity index (χ3n) is 4.56. The summed E-state index contributed by atoms with van der Waals surface area (Å²) >= 11 is 7.70. The molecule has 9 heteroatoms. The van der Waals surface area contributed by atoms with Gasteiger partial charge < -0.3 is 10.1 Å². The molecule has 2 aromatic carbocycles. The van der Waals surface area contributed by atoms with E-state index < -0.39 is 18.5 Å². The van der Waals surface area contributed by atoms with E-state index in [2.05, 4.69) is 15.4 Å². The number of esters is 1. The number of hydrogen-bond acceptors (Lipinski definition) is 6. The Hall–Kier alpha value is -3.49. The first-order valence-electron chi connectivity index (χ1n) is 9.72. The second-order valence-corrected chi connectivity index (χ2v) is 8.40. The minimum atomic E-state index is -0.792. The number of rotatable bonds is 6. The third kappa shape index (κ3) is 4.71. The van der Waals surface area contributed by atoms with Crippen molar-refractivity contribution in [3.05, 3.63) is 82.0 Å². The van der Waals surface area contributed by atoms with Crippen molar-refractivity contribution in [3.63, 3.8) is 0 Å².